The second kappa shape index (κ2) is 12.5. The fourth-order valence-corrected chi connectivity index (χ4v) is 4.69. The van der Waals surface area contributed by atoms with Crippen molar-refractivity contribution in [1.82, 2.24) is 4.90 Å². The summed E-state index contributed by atoms with van der Waals surface area (Å²) in [5.41, 5.74) is 5.11. The van der Waals surface area contributed by atoms with Gasteiger partial charge < -0.3 is 19.8 Å². The minimum atomic E-state index is 0. The summed E-state index contributed by atoms with van der Waals surface area (Å²) in [6.45, 7) is 1.20. The molecule has 0 aromatic carbocycles. The van der Waals surface area contributed by atoms with Crippen LogP contribution in [0.4, 0.5) is 0 Å². The molecule has 2 saturated carbocycles. The molecule has 2 heteroatoms. The molecule has 0 atom stereocenters. The Morgan fingerprint density at radius 3 is 1.88 bits per heavy atom. The summed E-state index contributed by atoms with van der Waals surface area (Å²) in [6.07, 6.45) is 20.9. The van der Waals surface area contributed by atoms with Crippen LogP contribution in [0.15, 0.2) is 16.7 Å². The van der Waals surface area contributed by atoms with Crippen LogP contribution in [0.25, 0.3) is 0 Å². The van der Waals surface area contributed by atoms with Gasteiger partial charge in [0.05, 0.1) is 0 Å². The van der Waals surface area contributed by atoms with Crippen molar-refractivity contribution in [3.63, 3.8) is 0 Å². The van der Waals surface area contributed by atoms with E-state index in [1.807, 2.05) is 0 Å². The standard InChI is InChI=1S/C21H34N.2CH3.Ti/c1-22(2)14-13-19-15-20(17-9-5-3-6-10-17)16-21(19)18-11-7-4-8-12-18;;;/h17-18H,3-15H2,1-2H3;2*1H3;/q3*-1;+3. The van der Waals surface area contributed by atoms with E-state index >= 15 is 0 Å². The van der Waals surface area contributed by atoms with Gasteiger partial charge >= 0.3 is 21.7 Å². The molecule has 25 heavy (non-hydrogen) atoms. The van der Waals surface area contributed by atoms with Crippen molar-refractivity contribution in [2.75, 3.05) is 20.6 Å². The van der Waals surface area contributed by atoms with Gasteiger partial charge in [0.1, 0.15) is 0 Å². The van der Waals surface area contributed by atoms with Gasteiger partial charge in [-0.3, -0.25) is 0 Å². The Labute approximate surface area is 173 Å². The average Bonchev–Trinajstić information content (AvgIpc) is 2.99. The van der Waals surface area contributed by atoms with Crippen LogP contribution in [-0.2, 0) is 21.7 Å². The smallest absolute Gasteiger partial charge is 0.358 e. The quantitative estimate of drug-likeness (QED) is 0.394. The van der Waals surface area contributed by atoms with Gasteiger partial charge in [-0.25, -0.2) is 17.2 Å². The maximum absolute atomic E-state index is 3.98. The Hall–Kier alpha value is 0.154. The van der Waals surface area contributed by atoms with Crippen LogP contribution < -0.4 is 0 Å². The molecule has 3 rings (SSSR count). The molecule has 0 aromatic heterocycles. The maximum Gasteiger partial charge on any atom is 3.00 e. The minimum Gasteiger partial charge on any atom is -0.358 e. The summed E-state index contributed by atoms with van der Waals surface area (Å²) in [5.74, 6) is 1.70. The fourth-order valence-electron chi connectivity index (χ4n) is 4.69. The SMILES string of the molecule is CN(C)CCC1=C(C2CCCCC2)[C-]=C(C2CCCCC2)C1.[CH3-].[CH3-].[Ti+3]. The second-order valence-electron chi connectivity index (χ2n) is 8.07. The predicted octanol–water partition coefficient (Wildman–Crippen LogP) is 6.43. The van der Waals surface area contributed by atoms with Gasteiger partial charge in [0.2, 0.25) is 0 Å². The number of allylic oxidation sites excluding steroid dienone is 3. The molecule has 0 heterocycles. The third kappa shape index (κ3) is 7.00. The van der Waals surface area contributed by atoms with Crippen molar-refractivity contribution < 1.29 is 21.7 Å². The minimum absolute atomic E-state index is 0. The molecule has 0 aromatic rings. The first kappa shape index (κ1) is 25.2. The van der Waals surface area contributed by atoms with Gasteiger partial charge in [0.15, 0.2) is 0 Å². The third-order valence-corrected chi connectivity index (χ3v) is 6.05. The normalized spacial score (nSPS) is 22.1. The molecule has 0 bridgehead atoms. The zero-order valence-electron chi connectivity index (χ0n) is 17.3. The molecular weight excluding hydrogens is 338 g/mol. The van der Waals surface area contributed by atoms with Crippen LogP contribution in [0.5, 0.6) is 0 Å². The van der Waals surface area contributed by atoms with Crippen LogP contribution in [0, 0.1) is 32.8 Å². The van der Waals surface area contributed by atoms with E-state index < -0.39 is 0 Å². The van der Waals surface area contributed by atoms with E-state index in [0.29, 0.717) is 0 Å². The van der Waals surface area contributed by atoms with E-state index in [1.165, 1.54) is 83.6 Å². The summed E-state index contributed by atoms with van der Waals surface area (Å²) < 4.78 is 0. The number of nitrogens with zero attached hydrogens (tertiary/aromatic N) is 1. The Morgan fingerprint density at radius 1 is 0.840 bits per heavy atom. The van der Waals surface area contributed by atoms with Gasteiger partial charge in [-0.05, 0) is 58.2 Å². The van der Waals surface area contributed by atoms with Gasteiger partial charge in [0, 0.05) is 0 Å². The first-order valence-electron chi connectivity index (χ1n) is 9.73. The summed E-state index contributed by atoms with van der Waals surface area (Å²) >= 11 is 0. The molecule has 3 aliphatic carbocycles. The Kier molecular flexibility index (Phi) is 12.6. The van der Waals surface area contributed by atoms with Crippen LogP contribution in [-0.4, -0.2) is 25.5 Å². The molecule has 0 spiro atoms. The summed E-state index contributed by atoms with van der Waals surface area (Å²) in [6, 6.07) is 0. The zero-order valence-corrected chi connectivity index (χ0v) is 18.9. The Balaban J connectivity index is 0.00000192. The van der Waals surface area contributed by atoms with Crippen LogP contribution in [0.2, 0.25) is 0 Å². The molecule has 0 saturated heterocycles. The second-order valence-corrected chi connectivity index (χ2v) is 8.07. The topological polar surface area (TPSA) is 3.24 Å². The van der Waals surface area contributed by atoms with Gasteiger partial charge in [0.25, 0.3) is 0 Å². The fraction of sp³-hybridized carbons (Fsp3) is 0.739. The first-order chi connectivity index (χ1) is 10.7. The predicted molar refractivity (Wildman–Crippen MR) is 108 cm³/mol. The van der Waals surface area contributed by atoms with E-state index in [2.05, 4.69) is 25.1 Å². The molecule has 3 aliphatic rings. The summed E-state index contributed by atoms with van der Waals surface area (Å²) in [5, 5.41) is 0. The molecule has 0 unspecified atom stereocenters. The van der Waals surface area contributed by atoms with Crippen molar-refractivity contribution in [2.24, 2.45) is 11.8 Å². The monoisotopic (exact) mass is 378 g/mol. The van der Waals surface area contributed by atoms with E-state index in [1.54, 1.807) is 16.7 Å². The molecule has 2 fully saturated rings. The molecule has 0 N–H and O–H groups in total. The van der Waals surface area contributed by atoms with Gasteiger partial charge in [-0.1, -0.05) is 51.4 Å². The summed E-state index contributed by atoms with van der Waals surface area (Å²) in [4.78, 5) is 2.34. The first-order valence-corrected chi connectivity index (χ1v) is 9.73. The number of rotatable bonds is 5. The average molecular weight is 378 g/mol. The Morgan fingerprint density at radius 2 is 1.36 bits per heavy atom. The van der Waals surface area contributed by atoms with Crippen LogP contribution in [0.1, 0.15) is 77.0 Å². The molecule has 1 nitrogen and oxygen atoms in total. The number of hydrogen-bond acceptors (Lipinski definition) is 1. The molecule has 0 aliphatic heterocycles. The van der Waals surface area contributed by atoms with E-state index in [0.717, 1.165) is 11.8 Å². The van der Waals surface area contributed by atoms with E-state index in [9.17, 15) is 0 Å². The van der Waals surface area contributed by atoms with E-state index in [4.69, 9.17) is 0 Å². The summed E-state index contributed by atoms with van der Waals surface area (Å²) in [7, 11) is 4.41. The number of hydrogen-bond donors (Lipinski definition) is 0. The molecule has 0 amide bonds. The Bertz CT molecular complexity index is 423. The largest absolute Gasteiger partial charge is 3.00 e. The molecule has 1 radical (unpaired) electrons. The maximum atomic E-state index is 3.98. The van der Waals surface area contributed by atoms with Crippen molar-refractivity contribution in [3.8, 4) is 0 Å². The van der Waals surface area contributed by atoms with Crippen molar-refractivity contribution in [2.45, 2.75) is 77.0 Å². The molecule has 141 valence electrons. The zero-order chi connectivity index (χ0) is 15.4. The van der Waals surface area contributed by atoms with E-state index in [-0.39, 0.29) is 36.6 Å². The van der Waals surface area contributed by atoms with Crippen LogP contribution in [0.3, 0.4) is 0 Å². The van der Waals surface area contributed by atoms with Crippen molar-refractivity contribution in [3.05, 3.63) is 37.6 Å². The van der Waals surface area contributed by atoms with Crippen molar-refractivity contribution in [1.29, 1.82) is 0 Å². The van der Waals surface area contributed by atoms with Gasteiger partial charge in [-0.15, -0.1) is 0 Å². The third-order valence-electron chi connectivity index (χ3n) is 6.05. The van der Waals surface area contributed by atoms with Crippen molar-refractivity contribution >= 4 is 0 Å². The van der Waals surface area contributed by atoms with Crippen LogP contribution >= 0.6 is 0 Å². The van der Waals surface area contributed by atoms with Gasteiger partial charge in [-0.2, -0.15) is 5.57 Å². The molecular formula is C23H40NTi.